The standard InChI is InChI=1S/C23H19N3O5S3/c1-30-22(29)19-16(34-23-24-14-9-5-6-10-15(14)33-23)12-32-21-18(20(28)26(19)21)25-17(27)11-31-13-7-3-2-4-8-13/h2-10,12,18-19,21H,11H2,1H3,(H,25,27)/t18?,19?,21-/m0/s1. The predicted octanol–water partition coefficient (Wildman–Crippen LogP) is 3.25. The number of thioether (sulfide) groups is 2. The molecule has 2 unspecified atom stereocenters. The Hall–Kier alpha value is -3.02. The van der Waals surface area contributed by atoms with Crippen molar-refractivity contribution in [2.24, 2.45) is 0 Å². The van der Waals surface area contributed by atoms with Crippen molar-refractivity contribution in [1.82, 2.24) is 15.2 Å². The molecule has 5 rings (SSSR count). The van der Waals surface area contributed by atoms with Gasteiger partial charge in [-0.2, -0.15) is 0 Å². The van der Waals surface area contributed by atoms with Crippen molar-refractivity contribution in [1.29, 1.82) is 0 Å². The summed E-state index contributed by atoms with van der Waals surface area (Å²) in [6.45, 7) is -0.208. The molecule has 0 spiro atoms. The normalized spacial score (nSPS) is 21.3. The van der Waals surface area contributed by atoms with Crippen LogP contribution in [0.5, 0.6) is 5.75 Å². The van der Waals surface area contributed by atoms with Gasteiger partial charge in [-0.25, -0.2) is 9.78 Å². The van der Waals surface area contributed by atoms with Gasteiger partial charge in [-0.05, 0) is 29.7 Å². The molecular weight excluding hydrogens is 494 g/mol. The lowest BCUT2D eigenvalue weighted by Gasteiger charge is -2.51. The summed E-state index contributed by atoms with van der Waals surface area (Å²) in [5, 5.41) is 4.17. The summed E-state index contributed by atoms with van der Waals surface area (Å²) in [4.78, 5) is 44.7. The number of amides is 2. The van der Waals surface area contributed by atoms with E-state index < -0.39 is 29.3 Å². The largest absolute Gasteiger partial charge is 0.484 e. The first-order valence-electron chi connectivity index (χ1n) is 10.3. The molecule has 1 aromatic heterocycles. The first-order valence-corrected chi connectivity index (χ1v) is 12.9. The number of fused-ring (bicyclic) bond motifs is 2. The van der Waals surface area contributed by atoms with Crippen molar-refractivity contribution in [2.75, 3.05) is 13.7 Å². The molecule has 2 aliphatic heterocycles. The maximum absolute atomic E-state index is 13.0. The van der Waals surface area contributed by atoms with Gasteiger partial charge >= 0.3 is 5.97 Å². The minimum atomic E-state index is -0.880. The first kappa shape index (κ1) is 22.8. The third kappa shape index (κ3) is 4.38. The summed E-state index contributed by atoms with van der Waals surface area (Å²) in [5.74, 6) is -0.709. The molecule has 0 aliphatic carbocycles. The Morgan fingerprint density at radius 3 is 2.68 bits per heavy atom. The topological polar surface area (TPSA) is 97.8 Å². The number of benzene rings is 2. The van der Waals surface area contributed by atoms with E-state index in [1.54, 1.807) is 12.1 Å². The van der Waals surface area contributed by atoms with Crippen LogP contribution in [0.2, 0.25) is 0 Å². The molecule has 3 aromatic rings. The number of carbonyl (C=O) groups is 3. The Balaban J connectivity index is 1.28. The molecule has 0 radical (unpaired) electrons. The van der Waals surface area contributed by atoms with E-state index in [-0.39, 0.29) is 12.5 Å². The number of methoxy groups -OCH3 is 1. The van der Waals surface area contributed by atoms with E-state index in [0.717, 1.165) is 14.6 Å². The van der Waals surface area contributed by atoms with Gasteiger partial charge in [0.15, 0.2) is 17.0 Å². The Morgan fingerprint density at radius 2 is 1.91 bits per heavy atom. The average Bonchev–Trinajstić information content (AvgIpc) is 3.28. The second-order valence-corrected chi connectivity index (χ2v) is 10.8. The Labute approximate surface area is 207 Å². The van der Waals surface area contributed by atoms with Crippen molar-refractivity contribution in [3.05, 3.63) is 64.9 Å². The monoisotopic (exact) mass is 513 g/mol. The lowest BCUT2D eigenvalue weighted by molar-refractivity contribution is -0.161. The molecule has 34 heavy (non-hydrogen) atoms. The number of hydrogen-bond donors (Lipinski definition) is 1. The highest BCUT2D eigenvalue weighted by atomic mass is 32.2. The molecule has 1 fully saturated rings. The molecule has 174 valence electrons. The van der Waals surface area contributed by atoms with E-state index in [1.807, 2.05) is 47.9 Å². The van der Waals surface area contributed by atoms with Crippen molar-refractivity contribution in [3.8, 4) is 5.75 Å². The second kappa shape index (κ2) is 9.69. The van der Waals surface area contributed by atoms with Gasteiger partial charge in [-0.1, -0.05) is 42.1 Å². The van der Waals surface area contributed by atoms with Gasteiger partial charge in [-0.3, -0.25) is 9.59 Å². The van der Waals surface area contributed by atoms with Gasteiger partial charge in [0, 0.05) is 4.91 Å². The lowest BCUT2D eigenvalue weighted by Crippen LogP contribution is -2.74. The summed E-state index contributed by atoms with van der Waals surface area (Å²) in [5.41, 5.74) is 0.882. The lowest BCUT2D eigenvalue weighted by atomic mass is 10.0. The van der Waals surface area contributed by atoms with Crippen molar-refractivity contribution < 1.29 is 23.9 Å². The molecule has 0 bridgehead atoms. The number of hydrogen-bond acceptors (Lipinski definition) is 9. The van der Waals surface area contributed by atoms with Crippen LogP contribution in [0.3, 0.4) is 0 Å². The Kier molecular flexibility index (Phi) is 6.48. The predicted molar refractivity (Wildman–Crippen MR) is 131 cm³/mol. The van der Waals surface area contributed by atoms with E-state index in [0.29, 0.717) is 10.7 Å². The smallest absolute Gasteiger partial charge is 0.333 e. The van der Waals surface area contributed by atoms with Crippen LogP contribution < -0.4 is 10.1 Å². The van der Waals surface area contributed by atoms with Crippen LogP contribution in [0, 0.1) is 0 Å². The maximum atomic E-state index is 13.0. The number of para-hydroxylation sites is 2. The highest BCUT2D eigenvalue weighted by Gasteiger charge is 2.56. The summed E-state index contributed by atoms with van der Waals surface area (Å²) in [6.07, 6.45) is 0. The van der Waals surface area contributed by atoms with Gasteiger partial charge in [0.1, 0.15) is 17.2 Å². The number of rotatable bonds is 7. The third-order valence-electron chi connectivity index (χ3n) is 5.28. The highest BCUT2D eigenvalue weighted by molar-refractivity contribution is 8.07. The SMILES string of the molecule is COC(=O)C1C(Sc2nc3ccccc3s2)=CS[C@H]2C(NC(=O)COc3ccccc3)C(=O)N12. The fourth-order valence-electron chi connectivity index (χ4n) is 3.67. The van der Waals surface area contributed by atoms with Crippen molar-refractivity contribution in [3.63, 3.8) is 0 Å². The van der Waals surface area contributed by atoms with Gasteiger partial charge in [-0.15, -0.1) is 23.1 Å². The summed E-state index contributed by atoms with van der Waals surface area (Å²) < 4.78 is 12.3. The van der Waals surface area contributed by atoms with E-state index in [1.165, 1.54) is 46.9 Å². The summed E-state index contributed by atoms with van der Waals surface area (Å²) in [6, 6.07) is 15.1. The number of aromatic nitrogens is 1. The maximum Gasteiger partial charge on any atom is 0.333 e. The van der Waals surface area contributed by atoms with Gasteiger partial charge in [0.05, 0.1) is 17.3 Å². The van der Waals surface area contributed by atoms with Gasteiger partial charge in [0.25, 0.3) is 5.91 Å². The van der Waals surface area contributed by atoms with E-state index in [9.17, 15) is 14.4 Å². The molecule has 0 saturated carbocycles. The quantitative estimate of drug-likeness (QED) is 0.380. The fourth-order valence-corrected chi connectivity index (χ4v) is 7.22. The van der Waals surface area contributed by atoms with Crippen LogP contribution in [0.15, 0.2) is 69.3 Å². The zero-order valence-electron chi connectivity index (χ0n) is 17.9. The molecule has 2 aromatic carbocycles. The molecule has 11 heteroatoms. The van der Waals surface area contributed by atoms with Gasteiger partial charge in [0.2, 0.25) is 5.91 Å². The van der Waals surface area contributed by atoms with Crippen LogP contribution in [-0.4, -0.2) is 58.8 Å². The highest BCUT2D eigenvalue weighted by Crippen LogP contribution is 2.46. The second-order valence-electron chi connectivity index (χ2n) is 7.41. The minimum Gasteiger partial charge on any atom is -0.484 e. The average molecular weight is 514 g/mol. The first-order chi connectivity index (χ1) is 16.5. The number of ether oxygens (including phenoxy) is 2. The molecule has 8 nitrogen and oxygen atoms in total. The Morgan fingerprint density at radius 1 is 1.15 bits per heavy atom. The summed E-state index contributed by atoms with van der Waals surface area (Å²) >= 11 is 4.25. The molecule has 1 saturated heterocycles. The summed E-state index contributed by atoms with van der Waals surface area (Å²) in [7, 11) is 1.30. The van der Waals surface area contributed by atoms with Crippen molar-refractivity contribution in [2.45, 2.75) is 21.8 Å². The molecule has 1 N–H and O–H groups in total. The number of esters is 1. The molecular formula is C23H19N3O5S3. The fraction of sp³-hybridized carbons (Fsp3) is 0.217. The van der Waals surface area contributed by atoms with E-state index in [4.69, 9.17) is 9.47 Å². The van der Waals surface area contributed by atoms with E-state index >= 15 is 0 Å². The zero-order valence-corrected chi connectivity index (χ0v) is 20.3. The van der Waals surface area contributed by atoms with Crippen LogP contribution >= 0.6 is 34.9 Å². The zero-order chi connectivity index (χ0) is 23.7. The number of carbonyl (C=O) groups excluding carboxylic acids is 3. The molecule has 2 aliphatic rings. The molecule has 3 heterocycles. The van der Waals surface area contributed by atoms with Crippen molar-refractivity contribution >= 4 is 62.9 Å². The number of β-lactam (4-membered cyclic amide) rings is 1. The van der Waals surface area contributed by atoms with Crippen LogP contribution in [0.1, 0.15) is 0 Å². The molecule has 2 amide bonds. The number of nitrogens with one attached hydrogen (secondary N) is 1. The number of nitrogens with zero attached hydrogens (tertiary/aromatic N) is 2. The van der Waals surface area contributed by atoms with Crippen LogP contribution in [0.4, 0.5) is 0 Å². The van der Waals surface area contributed by atoms with Crippen LogP contribution in [-0.2, 0) is 19.1 Å². The molecule has 3 atom stereocenters. The van der Waals surface area contributed by atoms with Gasteiger partial charge < -0.3 is 19.7 Å². The third-order valence-corrected chi connectivity index (χ3v) is 8.78. The Bertz CT molecular complexity index is 1250. The van der Waals surface area contributed by atoms with Crippen LogP contribution in [0.25, 0.3) is 10.2 Å². The number of thiazole rings is 1. The van der Waals surface area contributed by atoms with E-state index in [2.05, 4.69) is 10.3 Å². The minimum absolute atomic E-state index is 0.208.